The van der Waals surface area contributed by atoms with Crippen LogP contribution in [0.5, 0.6) is 0 Å². The highest BCUT2D eigenvalue weighted by molar-refractivity contribution is 5.94. The van der Waals surface area contributed by atoms with Crippen molar-refractivity contribution < 1.29 is 9.18 Å². The highest BCUT2D eigenvalue weighted by Gasteiger charge is 2.48. The normalized spacial score (nSPS) is 38.4. The average Bonchev–Trinajstić information content (AvgIpc) is 3.08. The Morgan fingerprint density at radius 1 is 1.12 bits per heavy atom. The summed E-state index contributed by atoms with van der Waals surface area (Å²) in [6.45, 7) is 0. The van der Waals surface area contributed by atoms with Crippen LogP contribution in [0, 0.1) is 23.7 Å². The van der Waals surface area contributed by atoms with Crippen molar-refractivity contribution in [2.45, 2.75) is 44.4 Å². The molecule has 1 unspecified atom stereocenters. The molecule has 4 nitrogen and oxygen atoms in total. The van der Waals surface area contributed by atoms with Crippen molar-refractivity contribution in [1.82, 2.24) is 15.6 Å². The Bertz CT molecular complexity index is 722. The third-order valence-electron chi connectivity index (χ3n) is 6.63. The number of hydrogen-bond donors (Lipinski definition) is 3. The van der Waals surface area contributed by atoms with Gasteiger partial charge >= 0.3 is 0 Å². The molecule has 1 aromatic rings. The molecule has 132 valence electrons. The van der Waals surface area contributed by atoms with Crippen molar-refractivity contribution in [2.75, 3.05) is 0 Å². The molecule has 4 bridgehead atoms. The maximum Gasteiger partial charge on any atom is 0.267 e. The molecule has 2 heterocycles. The van der Waals surface area contributed by atoms with Crippen LogP contribution in [0.4, 0.5) is 4.39 Å². The Balaban J connectivity index is 1.28. The number of alkyl halides is 1. The molecule has 0 radical (unpaired) electrons. The number of allylic oxidation sites excluding steroid dienone is 2. The number of dihydropyridines is 1. The van der Waals surface area contributed by atoms with E-state index in [1.54, 1.807) is 12.3 Å². The molecule has 1 atom stereocenters. The molecule has 4 fully saturated rings. The van der Waals surface area contributed by atoms with E-state index < -0.39 is 6.30 Å². The van der Waals surface area contributed by atoms with Gasteiger partial charge < -0.3 is 15.6 Å². The van der Waals surface area contributed by atoms with Gasteiger partial charge in [0.05, 0.1) is 0 Å². The summed E-state index contributed by atoms with van der Waals surface area (Å²) in [6, 6.07) is 2.19. The zero-order valence-electron chi connectivity index (χ0n) is 14.2. The summed E-state index contributed by atoms with van der Waals surface area (Å²) in [6.07, 6.45) is 12.1. The third-order valence-corrected chi connectivity index (χ3v) is 6.63. The second-order valence-corrected chi connectivity index (χ2v) is 8.26. The fourth-order valence-corrected chi connectivity index (χ4v) is 5.72. The lowest BCUT2D eigenvalue weighted by Crippen LogP contribution is -2.55. The highest BCUT2D eigenvalue weighted by Crippen LogP contribution is 2.53. The monoisotopic (exact) mass is 341 g/mol. The molecule has 1 aliphatic heterocycles. The van der Waals surface area contributed by atoms with Gasteiger partial charge in [0, 0.05) is 24.0 Å². The van der Waals surface area contributed by atoms with Gasteiger partial charge in [-0.1, -0.05) is 6.08 Å². The lowest BCUT2D eigenvalue weighted by molar-refractivity contribution is -0.0120. The smallest absolute Gasteiger partial charge is 0.267 e. The Morgan fingerprint density at radius 2 is 1.84 bits per heavy atom. The molecule has 6 rings (SSSR count). The standard InChI is InChI=1S/C20H24FN3O/c21-18-2-1-13(9-23-18)16-8-17(22-10-16)20(25)24-19-14-4-11-3-12(6-14)7-15(19)5-11/h1-2,8-12,14-15,18-19,22-23H,3-7H2,(H,24,25). The van der Waals surface area contributed by atoms with Gasteiger partial charge in [0.25, 0.3) is 5.91 Å². The number of H-pyrrole nitrogens is 1. The van der Waals surface area contributed by atoms with Crippen LogP contribution in [-0.4, -0.2) is 23.2 Å². The number of aromatic amines is 1. The molecule has 5 aliphatic rings. The second-order valence-electron chi connectivity index (χ2n) is 8.26. The quantitative estimate of drug-likeness (QED) is 0.739. The van der Waals surface area contributed by atoms with Gasteiger partial charge in [-0.05, 0) is 73.5 Å². The Morgan fingerprint density at radius 3 is 2.48 bits per heavy atom. The number of halogens is 1. The van der Waals surface area contributed by atoms with Crippen molar-refractivity contribution in [1.29, 1.82) is 0 Å². The van der Waals surface area contributed by atoms with E-state index in [-0.39, 0.29) is 5.91 Å². The summed E-state index contributed by atoms with van der Waals surface area (Å²) in [7, 11) is 0. The van der Waals surface area contributed by atoms with E-state index in [1.807, 2.05) is 12.3 Å². The van der Waals surface area contributed by atoms with Crippen LogP contribution < -0.4 is 10.6 Å². The molecular formula is C20H24FN3O. The summed E-state index contributed by atoms with van der Waals surface area (Å²) in [4.78, 5) is 15.8. The predicted molar refractivity (Wildman–Crippen MR) is 94.2 cm³/mol. The number of carbonyl (C=O) groups excluding carboxylic acids is 1. The van der Waals surface area contributed by atoms with Crippen LogP contribution in [-0.2, 0) is 0 Å². The topological polar surface area (TPSA) is 56.9 Å². The summed E-state index contributed by atoms with van der Waals surface area (Å²) in [5, 5.41) is 5.96. The first kappa shape index (κ1) is 15.2. The van der Waals surface area contributed by atoms with Crippen molar-refractivity contribution in [3.8, 4) is 0 Å². The highest BCUT2D eigenvalue weighted by atomic mass is 19.1. The summed E-state index contributed by atoms with van der Waals surface area (Å²) < 4.78 is 13.1. The number of hydrogen-bond acceptors (Lipinski definition) is 2. The SMILES string of the molecule is O=C(NC1C2CC3CC(C2)CC1C3)c1cc(C2=CNC(F)C=C2)c[nH]1. The number of rotatable bonds is 3. The van der Waals surface area contributed by atoms with Gasteiger partial charge in [0.2, 0.25) is 0 Å². The van der Waals surface area contributed by atoms with Gasteiger partial charge in [-0.3, -0.25) is 4.79 Å². The van der Waals surface area contributed by atoms with Crippen LogP contribution >= 0.6 is 0 Å². The molecule has 4 saturated carbocycles. The molecule has 0 spiro atoms. The molecular weight excluding hydrogens is 317 g/mol. The van der Waals surface area contributed by atoms with Crippen molar-refractivity contribution in [2.24, 2.45) is 23.7 Å². The van der Waals surface area contributed by atoms with Crippen LogP contribution in [0.25, 0.3) is 5.57 Å². The van der Waals surface area contributed by atoms with E-state index in [4.69, 9.17) is 0 Å². The maximum atomic E-state index is 13.1. The molecule has 25 heavy (non-hydrogen) atoms. The Labute approximate surface area is 147 Å². The van der Waals surface area contributed by atoms with E-state index >= 15 is 0 Å². The summed E-state index contributed by atoms with van der Waals surface area (Å²) in [5.74, 6) is 3.14. The molecule has 5 heteroatoms. The molecule has 1 amide bonds. The van der Waals surface area contributed by atoms with E-state index in [0.29, 0.717) is 23.6 Å². The van der Waals surface area contributed by atoms with Gasteiger partial charge in [0.1, 0.15) is 5.69 Å². The molecule has 1 aromatic heterocycles. The van der Waals surface area contributed by atoms with E-state index in [1.165, 1.54) is 38.2 Å². The van der Waals surface area contributed by atoms with Gasteiger partial charge in [-0.2, -0.15) is 0 Å². The predicted octanol–water partition coefficient (Wildman–Crippen LogP) is 3.37. The second kappa shape index (κ2) is 5.75. The van der Waals surface area contributed by atoms with Gasteiger partial charge in [-0.25, -0.2) is 4.39 Å². The van der Waals surface area contributed by atoms with Crippen LogP contribution in [0.1, 0.15) is 48.2 Å². The third kappa shape index (κ3) is 2.70. The average molecular weight is 341 g/mol. The fourth-order valence-electron chi connectivity index (χ4n) is 5.72. The molecule has 0 saturated heterocycles. The molecule has 4 aliphatic carbocycles. The van der Waals surface area contributed by atoms with E-state index in [2.05, 4.69) is 15.6 Å². The first-order chi connectivity index (χ1) is 12.2. The first-order valence-electron chi connectivity index (χ1n) is 9.44. The lowest BCUT2D eigenvalue weighted by Gasteiger charge is -2.54. The largest absolute Gasteiger partial charge is 0.358 e. The van der Waals surface area contributed by atoms with Crippen molar-refractivity contribution in [3.63, 3.8) is 0 Å². The minimum Gasteiger partial charge on any atom is -0.358 e. The van der Waals surface area contributed by atoms with Crippen LogP contribution in [0.3, 0.4) is 0 Å². The van der Waals surface area contributed by atoms with Crippen LogP contribution in [0.2, 0.25) is 0 Å². The summed E-state index contributed by atoms with van der Waals surface area (Å²) >= 11 is 0. The number of amides is 1. The summed E-state index contributed by atoms with van der Waals surface area (Å²) in [5.41, 5.74) is 2.35. The molecule has 0 aromatic carbocycles. The Kier molecular flexibility index (Phi) is 3.50. The van der Waals surface area contributed by atoms with Gasteiger partial charge in [-0.15, -0.1) is 0 Å². The maximum absolute atomic E-state index is 13.1. The lowest BCUT2D eigenvalue weighted by atomic mass is 9.54. The van der Waals surface area contributed by atoms with Gasteiger partial charge in [0.15, 0.2) is 6.30 Å². The minimum atomic E-state index is -1.14. The number of carbonyl (C=O) groups is 1. The zero-order chi connectivity index (χ0) is 17.0. The fraction of sp³-hybridized carbons (Fsp3) is 0.550. The molecule has 3 N–H and O–H groups in total. The van der Waals surface area contributed by atoms with Crippen molar-refractivity contribution >= 4 is 11.5 Å². The zero-order valence-corrected chi connectivity index (χ0v) is 14.2. The van der Waals surface area contributed by atoms with Crippen molar-refractivity contribution in [3.05, 3.63) is 41.9 Å². The first-order valence-corrected chi connectivity index (χ1v) is 9.44. The number of aromatic nitrogens is 1. The van der Waals surface area contributed by atoms with E-state index in [0.717, 1.165) is 23.0 Å². The Hall–Kier alpha value is -2.04. The number of nitrogens with one attached hydrogen (secondary N) is 3. The minimum absolute atomic E-state index is 0.0135. The van der Waals surface area contributed by atoms with Crippen LogP contribution in [0.15, 0.2) is 30.6 Å². The van der Waals surface area contributed by atoms with E-state index in [9.17, 15) is 9.18 Å².